The maximum absolute atomic E-state index is 12.6. The van der Waals surface area contributed by atoms with E-state index < -0.39 is 0 Å². The normalized spacial score (nSPS) is 14.6. The molecule has 0 saturated carbocycles. The molecule has 1 aliphatic rings. The first kappa shape index (κ1) is 16.2. The molecule has 1 saturated heterocycles. The van der Waals surface area contributed by atoms with Crippen molar-refractivity contribution >= 4 is 17.4 Å². The van der Waals surface area contributed by atoms with Crippen molar-refractivity contribution in [1.29, 1.82) is 0 Å². The standard InChI is InChI=1S/C20H22N2O2/c1-15-4-3-5-18(14-15)20(24)22-12-10-21(11-13-22)19-8-6-17(7-9-19)16(2)23/h3-9,14H,10-13H2,1-2H3. The molecule has 0 atom stereocenters. The highest BCUT2D eigenvalue weighted by molar-refractivity contribution is 5.95. The van der Waals surface area contributed by atoms with Gasteiger partial charge in [-0.2, -0.15) is 0 Å². The number of nitrogens with zero attached hydrogens (tertiary/aromatic N) is 2. The number of carbonyl (C=O) groups is 2. The smallest absolute Gasteiger partial charge is 0.253 e. The molecule has 0 spiro atoms. The molecule has 24 heavy (non-hydrogen) atoms. The molecule has 1 heterocycles. The minimum Gasteiger partial charge on any atom is -0.368 e. The number of hydrogen-bond donors (Lipinski definition) is 0. The Balaban J connectivity index is 1.63. The monoisotopic (exact) mass is 322 g/mol. The molecular weight excluding hydrogens is 300 g/mol. The van der Waals surface area contributed by atoms with Gasteiger partial charge in [0.15, 0.2) is 5.78 Å². The van der Waals surface area contributed by atoms with Crippen LogP contribution in [0.5, 0.6) is 0 Å². The lowest BCUT2D eigenvalue weighted by molar-refractivity contribution is 0.0746. The van der Waals surface area contributed by atoms with Gasteiger partial charge in [-0.25, -0.2) is 0 Å². The highest BCUT2D eigenvalue weighted by Crippen LogP contribution is 2.19. The molecule has 1 fully saturated rings. The van der Waals surface area contributed by atoms with E-state index >= 15 is 0 Å². The maximum atomic E-state index is 12.6. The van der Waals surface area contributed by atoms with Gasteiger partial charge < -0.3 is 9.80 Å². The van der Waals surface area contributed by atoms with E-state index in [2.05, 4.69) is 4.90 Å². The summed E-state index contributed by atoms with van der Waals surface area (Å²) in [5.74, 6) is 0.181. The number of hydrogen-bond acceptors (Lipinski definition) is 3. The summed E-state index contributed by atoms with van der Waals surface area (Å²) in [7, 11) is 0. The van der Waals surface area contributed by atoms with Crippen molar-refractivity contribution < 1.29 is 9.59 Å². The Morgan fingerprint density at radius 2 is 1.54 bits per heavy atom. The molecule has 1 aliphatic heterocycles. The fourth-order valence-electron chi connectivity index (χ4n) is 3.04. The predicted molar refractivity (Wildman–Crippen MR) is 95.7 cm³/mol. The predicted octanol–water partition coefficient (Wildman–Crippen LogP) is 3.16. The van der Waals surface area contributed by atoms with Gasteiger partial charge in [0.05, 0.1) is 0 Å². The van der Waals surface area contributed by atoms with Gasteiger partial charge in [0.2, 0.25) is 0 Å². The van der Waals surface area contributed by atoms with E-state index in [1.54, 1.807) is 6.92 Å². The number of ketones is 1. The van der Waals surface area contributed by atoms with E-state index in [-0.39, 0.29) is 11.7 Å². The number of amides is 1. The Labute approximate surface area is 142 Å². The average Bonchev–Trinajstić information content (AvgIpc) is 2.61. The number of carbonyl (C=O) groups excluding carboxylic acids is 2. The van der Waals surface area contributed by atoms with Crippen LogP contribution in [0.3, 0.4) is 0 Å². The van der Waals surface area contributed by atoms with Crippen LogP contribution in [0.25, 0.3) is 0 Å². The van der Waals surface area contributed by atoms with Crippen LogP contribution in [0.1, 0.15) is 33.2 Å². The van der Waals surface area contributed by atoms with Crippen molar-refractivity contribution in [3.63, 3.8) is 0 Å². The molecule has 1 amide bonds. The molecule has 3 rings (SSSR count). The molecule has 0 radical (unpaired) electrons. The van der Waals surface area contributed by atoms with E-state index in [9.17, 15) is 9.59 Å². The minimum absolute atomic E-state index is 0.0788. The Morgan fingerprint density at radius 3 is 2.12 bits per heavy atom. The molecule has 0 aromatic heterocycles. The zero-order chi connectivity index (χ0) is 17.1. The van der Waals surface area contributed by atoms with Gasteiger partial charge in [-0.05, 0) is 50.2 Å². The van der Waals surface area contributed by atoms with Crippen LogP contribution in [0, 0.1) is 6.92 Å². The first-order valence-corrected chi connectivity index (χ1v) is 8.26. The quantitative estimate of drug-likeness (QED) is 0.815. The van der Waals surface area contributed by atoms with Crippen molar-refractivity contribution in [1.82, 2.24) is 4.90 Å². The van der Waals surface area contributed by atoms with E-state index in [4.69, 9.17) is 0 Å². The highest BCUT2D eigenvalue weighted by atomic mass is 16.2. The molecule has 4 heteroatoms. The SMILES string of the molecule is CC(=O)c1ccc(N2CCN(C(=O)c3cccc(C)c3)CC2)cc1. The summed E-state index contributed by atoms with van der Waals surface area (Å²) >= 11 is 0. The van der Waals surface area contributed by atoms with Gasteiger partial charge >= 0.3 is 0 Å². The van der Waals surface area contributed by atoms with Crippen LogP contribution >= 0.6 is 0 Å². The minimum atomic E-state index is 0.0788. The number of anilines is 1. The van der Waals surface area contributed by atoms with Crippen LogP contribution in [-0.2, 0) is 0 Å². The largest absolute Gasteiger partial charge is 0.368 e. The summed E-state index contributed by atoms with van der Waals surface area (Å²) in [4.78, 5) is 28.1. The van der Waals surface area contributed by atoms with Crippen molar-refractivity contribution in [2.45, 2.75) is 13.8 Å². The molecule has 2 aromatic carbocycles. The molecule has 0 unspecified atom stereocenters. The van der Waals surface area contributed by atoms with Crippen molar-refractivity contribution in [3.05, 3.63) is 65.2 Å². The van der Waals surface area contributed by atoms with E-state index in [1.165, 1.54) is 0 Å². The lowest BCUT2D eigenvalue weighted by Crippen LogP contribution is -2.48. The fraction of sp³-hybridized carbons (Fsp3) is 0.300. The van der Waals surface area contributed by atoms with E-state index in [1.807, 2.05) is 60.4 Å². The van der Waals surface area contributed by atoms with Crippen LogP contribution in [0.2, 0.25) is 0 Å². The van der Waals surface area contributed by atoms with Crippen LogP contribution in [0.4, 0.5) is 5.69 Å². The van der Waals surface area contributed by atoms with Crippen molar-refractivity contribution in [2.75, 3.05) is 31.1 Å². The number of Topliss-reactive ketones (excluding diaryl/α,β-unsaturated/α-hetero) is 1. The summed E-state index contributed by atoms with van der Waals surface area (Å²) in [6.07, 6.45) is 0. The lowest BCUT2D eigenvalue weighted by atomic mass is 10.1. The summed E-state index contributed by atoms with van der Waals surface area (Å²) in [6.45, 7) is 6.60. The third-order valence-electron chi connectivity index (χ3n) is 4.47. The van der Waals surface area contributed by atoms with Crippen LogP contribution in [-0.4, -0.2) is 42.8 Å². The molecule has 0 N–H and O–H groups in total. The molecule has 4 nitrogen and oxygen atoms in total. The summed E-state index contributed by atoms with van der Waals surface area (Å²) in [5.41, 5.74) is 3.69. The first-order chi connectivity index (χ1) is 11.5. The molecule has 0 aliphatic carbocycles. The third kappa shape index (κ3) is 3.48. The second-order valence-corrected chi connectivity index (χ2v) is 6.25. The Bertz CT molecular complexity index is 744. The van der Waals surface area contributed by atoms with Gasteiger partial charge in [-0.1, -0.05) is 17.7 Å². The lowest BCUT2D eigenvalue weighted by Gasteiger charge is -2.36. The van der Waals surface area contributed by atoms with Gasteiger partial charge in [-0.15, -0.1) is 0 Å². The van der Waals surface area contributed by atoms with E-state index in [0.717, 1.165) is 35.5 Å². The van der Waals surface area contributed by atoms with Crippen LogP contribution in [0.15, 0.2) is 48.5 Å². The summed E-state index contributed by atoms with van der Waals surface area (Å²) < 4.78 is 0. The van der Waals surface area contributed by atoms with Crippen LogP contribution < -0.4 is 4.90 Å². The molecule has 124 valence electrons. The first-order valence-electron chi connectivity index (χ1n) is 8.26. The third-order valence-corrected chi connectivity index (χ3v) is 4.47. The van der Waals surface area contributed by atoms with Crippen molar-refractivity contribution in [3.8, 4) is 0 Å². The Hall–Kier alpha value is -2.62. The number of piperazine rings is 1. The van der Waals surface area contributed by atoms with E-state index in [0.29, 0.717) is 13.1 Å². The maximum Gasteiger partial charge on any atom is 0.253 e. The van der Waals surface area contributed by atoms with Gasteiger partial charge in [-0.3, -0.25) is 9.59 Å². The van der Waals surface area contributed by atoms with Gasteiger partial charge in [0, 0.05) is 43.0 Å². The fourth-order valence-corrected chi connectivity index (χ4v) is 3.04. The Morgan fingerprint density at radius 1 is 0.875 bits per heavy atom. The Kier molecular flexibility index (Phi) is 4.65. The molecular formula is C20H22N2O2. The molecule has 0 bridgehead atoms. The van der Waals surface area contributed by atoms with Crippen molar-refractivity contribution in [2.24, 2.45) is 0 Å². The number of benzene rings is 2. The topological polar surface area (TPSA) is 40.6 Å². The van der Waals surface area contributed by atoms with Gasteiger partial charge in [0.25, 0.3) is 5.91 Å². The number of aryl methyl sites for hydroxylation is 1. The summed E-state index contributed by atoms with van der Waals surface area (Å²) in [6, 6.07) is 15.4. The van der Waals surface area contributed by atoms with Gasteiger partial charge in [0.1, 0.15) is 0 Å². The highest BCUT2D eigenvalue weighted by Gasteiger charge is 2.22. The molecule has 2 aromatic rings. The zero-order valence-electron chi connectivity index (χ0n) is 14.2. The second kappa shape index (κ2) is 6.87. The summed E-state index contributed by atoms with van der Waals surface area (Å²) in [5, 5.41) is 0. The average molecular weight is 322 g/mol. The number of rotatable bonds is 3. The zero-order valence-corrected chi connectivity index (χ0v) is 14.2. The second-order valence-electron chi connectivity index (χ2n) is 6.25.